The first-order valence-corrected chi connectivity index (χ1v) is 8.02. The highest BCUT2D eigenvalue weighted by Gasteiger charge is 2.42. The summed E-state index contributed by atoms with van der Waals surface area (Å²) in [4.78, 5) is 2.35. The molecule has 0 radical (unpaired) electrons. The maximum Gasteiger partial charge on any atom is 0.391 e. The van der Waals surface area contributed by atoms with E-state index < -0.39 is 12.1 Å². The summed E-state index contributed by atoms with van der Waals surface area (Å²) in [6, 6.07) is 0.504. The van der Waals surface area contributed by atoms with Gasteiger partial charge in [0.25, 0.3) is 0 Å². The van der Waals surface area contributed by atoms with Crippen molar-refractivity contribution in [1.29, 1.82) is 0 Å². The maximum absolute atomic E-state index is 12.9. The normalized spacial score (nSPS) is 31.9. The zero-order valence-electron chi connectivity index (χ0n) is 13.0. The van der Waals surface area contributed by atoms with Crippen LogP contribution in [0.4, 0.5) is 13.2 Å². The summed E-state index contributed by atoms with van der Waals surface area (Å²) in [7, 11) is 0. The van der Waals surface area contributed by atoms with E-state index in [1.165, 1.54) is 0 Å². The van der Waals surface area contributed by atoms with Crippen LogP contribution in [-0.4, -0.2) is 55.5 Å². The number of hydrogen-bond acceptors (Lipinski definition) is 3. The maximum atomic E-state index is 12.9. The van der Waals surface area contributed by atoms with Gasteiger partial charge in [-0.05, 0) is 33.1 Å². The Labute approximate surface area is 125 Å². The van der Waals surface area contributed by atoms with Gasteiger partial charge in [0, 0.05) is 31.2 Å². The van der Waals surface area contributed by atoms with Crippen LogP contribution in [-0.2, 0) is 4.74 Å². The van der Waals surface area contributed by atoms with Gasteiger partial charge >= 0.3 is 6.18 Å². The first-order valence-electron chi connectivity index (χ1n) is 8.02. The molecule has 0 aromatic carbocycles. The first kappa shape index (κ1) is 17.0. The van der Waals surface area contributed by atoms with Crippen LogP contribution in [0, 0.1) is 5.92 Å². The molecule has 2 fully saturated rings. The molecule has 0 spiro atoms. The molecule has 0 bridgehead atoms. The SMILES string of the molecule is C[C@H](N[C@@H]1CCC[C@@H](C(F)(F)F)C1)[C@@H](C)N1CCOCC1. The van der Waals surface area contributed by atoms with E-state index in [2.05, 4.69) is 24.1 Å². The molecule has 6 heteroatoms. The van der Waals surface area contributed by atoms with E-state index in [4.69, 9.17) is 4.74 Å². The van der Waals surface area contributed by atoms with Crippen LogP contribution >= 0.6 is 0 Å². The summed E-state index contributed by atoms with van der Waals surface area (Å²) in [5.41, 5.74) is 0. The van der Waals surface area contributed by atoms with Crippen LogP contribution < -0.4 is 5.32 Å². The van der Waals surface area contributed by atoms with Gasteiger partial charge < -0.3 is 10.1 Å². The minimum atomic E-state index is -4.04. The standard InChI is InChI=1S/C15H27F3N2O/c1-11(12(2)20-6-8-21-9-7-20)19-14-5-3-4-13(10-14)15(16,17)18/h11-14,19H,3-10H2,1-2H3/t11-,12+,13+,14+/m0/s1. The molecular weight excluding hydrogens is 281 g/mol. The molecule has 21 heavy (non-hydrogen) atoms. The summed E-state index contributed by atoms with van der Waals surface area (Å²) < 4.78 is 43.9. The Bertz CT molecular complexity index is 319. The molecule has 0 aromatic heterocycles. The molecule has 1 saturated carbocycles. The molecule has 3 nitrogen and oxygen atoms in total. The highest BCUT2D eigenvalue weighted by Crippen LogP contribution is 2.37. The second-order valence-electron chi connectivity index (χ2n) is 6.45. The Morgan fingerprint density at radius 1 is 1.14 bits per heavy atom. The van der Waals surface area contributed by atoms with Gasteiger partial charge in [-0.2, -0.15) is 13.2 Å². The van der Waals surface area contributed by atoms with Crippen LogP contribution in [0.2, 0.25) is 0 Å². The van der Waals surface area contributed by atoms with Crippen LogP contribution in [0.25, 0.3) is 0 Å². The average Bonchev–Trinajstić information content (AvgIpc) is 2.47. The van der Waals surface area contributed by atoms with Crippen molar-refractivity contribution < 1.29 is 17.9 Å². The third-order valence-electron chi connectivity index (χ3n) is 4.98. The highest BCUT2D eigenvalue weighted by molar-refractivity contribution is 4.87. The van der Waals surface area contributed by atoms with Gasteiger partial charge in [0.05, 0.1) is 19.1 Å². The monoisotopic (exact) mass is 308 g/mol. The van der Waals surface area contributed by atoms with Gasteiger partial charge in [-0.3, -0.25) is 4.90 Å². The summed E-state index contributed by atoms with van der Waals surface area (Å²) in [5.74, 6) is -1.13. The summed E-state index contributed by atoms with van der Waals surface area (Å²) in [6.07, 6.45) is -2.01. The Morgan fingerprint density at radius 3 is 2.43 bits per heavy atom. The summed E-state index contributed by atoms with van der Waals surface area (Å²) >= 11 is 0. The van der Waals surface area contributed by atoms with Crippen molar-refractivity contribution in [2.24, 2.45) is 5.92 Å². The smallest absolute Gasteiger partial charge is 0.379 e. The lowest BCUT2D eigenvalue weighted by Crippen LogP contribution is -2.54. The van der Waals surface area contributed by atoms with Crippen molar-refractivity contribution in [3.05, 3.63) is 0 Å². The van der Waals surface area contributed by atoms with E-state index in [0.29, 0.717) is 12.5 Å². The third kappa shape index (κ3) is 4.83. The lowest BCUT2D eigenvalue weighted by Gasteiger charge is -2.39. The van der Waals surface area contributed by atoms with E-state index in [9.17, 15) is 13.2 Å². The molecule has 1 saturated heterocycles. The van der Waals surface area contributed by atoms with Crippen molar-refractivity contribution in [1.82, 2.24) is 10.2 Å². The van der Waals surface area contributed by atoms with Crippen molar-refractivity contribution >= 4 is 0 Å². The van der Waals surface area contributed by atoms with Gasteiger partial charge in [-0.25, -0.2) is 0 Å². The molecule has 1 N–H and O–H groups in total. The lowest BCUT2D eigenvalue weighted by molar-refractivity contribution is -0.184. The number of nitrogens with one attached hydrogen (secondary N) is 1. The van der Waals surface area contributed by atoms with E-state index in [1.807, 2.05) is 0 Å². The fourth-order valence-electron chi connectivity index (χ4n) is 3.45. The molecule has 1 aliphatic carbocycles. The van der Waals surface area contributed by atoms with Gasteiger partial charge in [-0.15, -0.1) is 0 Å². The van der Waals surface area contributed by atoms with Gasteiger partial charge in [-0.1, -0.05) is 6.42 Å². The molecule has 1 heterocycles. The number of halogens is 3. The Hall–Kier alpha value is -0.330. The Morgan fingerprint density at radius 2 is 1.81 bits per heavy atom. The first-order chi connectivity index (χ1) is 9.88. The third-order valence-corrected chi connectivity index (χ3v) is 4.98. The average molecular weight is 308 g/mol. The molecule has 4 atom stereocenters. The van der Waals surface area contributed by atoms with Crippen molar-refractivity contribution in [2.45, 2.75) is 63.8 Å². The molecule has 0 aromatic rings. The predicted octanol–water partition coefficient (Wildman–Crippen LogP) is 2.81. The van der Waals surface area contributed by atoms with Crippen molar-refractivity contribution in [3.8, 4) is 0 Å². The number of ether oxygens (including phenoxy) is 1. The van der Waals surface area contributed by atoms with E-state index in [-0.39, 0.29) is 24.9 Å². The fourth-order valence-corrected chi connectivity index (χ4v) is 3.45. The van der Waals surface area contributed by atoms with E-state index >= 15 is 0 Å². The minimum Gasteiger partial charge on any atom is -0.379 e. The molecule has 124 valence electrons. The topological polar surface area (TPSA) is 24.5 Å². The molecule has 0 unspecified atom stereocenters. The van der Waals surface area contributed by atoms with Gasteiger partial charge in [0.2, 0.25) is 0 Å². The number of alkyl halides is 3. The number of morpholine rings is 1. The minimum absolute atomic E-state index is 0.0103. The van der Waals surface area contributed by atoms with Crippen LogP contribution in [0.3, 0.4) is 0 Å². The largest absolute Gasteiger partial charge is 0.391 e. The second kappa shape index (κ2) is 7.29. The fraction of sp³-hybridized carbons (Fsp3) is 1.00. The molecular formula is C15H27F3N2O. The zero-order chi connectivity index (χ0) is 15.5. The molecule has 1 aliphatic heterocycles. The second-order valence-corrected chi connectivity index (χ2v) is 6.45. The number of nitrogens with zero attached hydrogens (tertiary/aromatic N) is 1. The Balaban J connectivity index is 1.82. The van der Waals surface area contributed by atoms with Gasteiger partial charge in [0.15, 0.2) is 0 Å². The summed E-state index contributed by atoms with van der Waals surface area (Å²) in [6.45, 7) is 7.53. The number of hydrogen-bond donors (Lipinski definition) is 1. The predicted molar refractivity (Wildman–Crippen MR) is 76.3 cm³/mol. The number of rotatable bonds is 4. The molecule has 0 amide bonds. The van der Waals surface area contributed by atoms with Crippen LogP contribution in [0.5, 0.6) is 0 Å². The van der Waals surface area contributed by atoms with Gasteiger partial charge in [0.1, 0.15) is 0 Å². The summed E-state index contributed by atoms with van der Waals surface area (Å²) in [5, 5.41) is 3.44. The molecule has 2 aliphatic rings. The van der Waals surface area contributed by atoms with Crippen LogP contribution in [0.1, 0.15) is 39.5 Å². The van der Waals surface area contributed by atoms with Crippen molar-refractivity contribution in [2.75, 3.05) is 26.3 Å². The zero-order valence-corrected chi connectivity index (χ0v) is 13.0. The van der Waals surface area contributed by atoms with E-state index in [0.717, 1.165) is 32.7 Å². The quantitative estimate of drug-likeness (QED) is 0.864. The van der Waals surface area contributed by atoms with Crippen LogP contribution in [0.15, 0.2) is 0 Å². The van der Waals surface area contributed by atoms with Crippen molar-refractivity contribution in [3.63, 3.8) is 0 Å². The highest BCUT2D eigenvalue weighted by atomic mass is 19.4. The van der Waals surface area contributed by atoms with E-state index in [1.54, 1.807) is 0 Å². The lowest BCUT2D eigenvalue weighted by atomic mass is 9.84. The molecule has 2 rings (SSSR count). The Kier molecular flexibility index (Phi) is 5.91.